The molecule has 1 aromatic carbocycles. The van der Waals surface area contributed by atoms with E-state index in [1.165, 1.54) is 13.0 Å². The van der Waals surface area contributed by atoms with Crippen LogP contribution in [0.1, 0.15) is 92.3 Å². The van der Waals surface area contributed by atoms with Gasteiger partial charge in [0.15, 0.2) is 5.01 Å². The third kappa shape index (κ3) is 7.63. The van der Waals surface area contributed by atoms with E-state index < -0.39 is 32.2 Å². The van der Waals surface area contributed by atoms with Crippen molar-refractivity contribution in [3.05, 3.63) is 34.0 Å². The van der Waals surface area contributed by atoms with Crippen LogP contribution < -0.4 is 10.0 Å². The van der Waals surface area contributed by atoms with Crippen LogP contribution in [0.3, 0.4) is 0 Å². The largest absolute Gasteiger partial charge is 0.417 e. The van der Waals surface area contributed by atoms with Gasteiger partial charge in [0.05, 0.1) is 21.0 Å². The molecule has 0 bridgehead atoms. The topological polar surface area (TPSA) is 97.4 Å². The molecule has 1 aliphatic heterocycles. The van der Waals surface area contributed by atoms with E-state index in [0.717, 1.165) is 49.5 Å². The van der Waals surface area contributed by atoms with Gasteiger partial charge < -0.3 is 10.1 Å². The summed E-state index contributed by atoms with van der Waals surface area (Å²) < 4.78 is 77.1. The third-order valence-electron chi connectivity index (χ3n) is 7.21. The number of nitrogens with one attached hydrogen (secondary N) is 2. The van der Waals surface area contributed by atoms with Crippen LogP contribution in [-0.4, -0.2) is 44.1 Å². The number of rotatable bonds is 7. The Labute approximate surface area is 238 Å². The summed E-state index contributed by atoms with van der Waals surface area (Å²) in [6.45, 7) is 7.20. The Bertz CT molecular complexity index is 1320. The van der Waals surface area contributed by atoms with E-state index in [1.807, 2.05) is 0 Å². The molecule has 4 rings (SSSR count). The third-order valence-corrected chi connectivity index (χ3v) is 10.3. The van der Waals surface area contributed by atoms with E-state index >= 15 is 0 Å². The average molecular weight is 602 g/mol. The highest BCUT2D eigenvalue weighted by atomic mass is 32.2. The van der Waals surface area contributed by atoms with Gasteiger partial charge in [-0.25, -0.2) is 18.1 Å². The monoisotopic (exact) mass is 601 g/mol. The molecule has 2 aliphatic rings. The zero-order valence-electron chi connectivity index (χ0n) is 23.4. The molecule has 1 aliphatic carbocycles. The number of carbonyl (C=O) groups excluding carboxylic acids is 1. The molecule has 1 aromatic heterocycles. The van der Waals surface area contributed by atoms with E-state index in [-0.39, 0.29) is 28.1 Å². The standard InChI is InChI=1S/C28H38F3N3O4S2/c1-17-14-19(16-21(28(29,30)31)24(17)40(36,37)34-27(2,3)4)23-22(15-18-8-6-5-7-9-18)33-26(39-23)25(35)32-20-10-12-38-13-11-20/h14,16,18,20,34H,5-13,15H2,1-4H3,(H,32,35). The van der Waals surface area contributed by atoms with Crippen LogP contribution in [0.25, 0.3) is 10.4 Å². The molecule has 12 heteroatoms. The van der Waals surface area contributed by atoms with Crippen molar-refractivity contribution in [1.29, 1.82) is 0 Å². The molecule has 2 heterocycles. The number of alkyl halides is 3. The minimum Gasteiger partial charge on any atom is -0.381 e. The highest BCUT2D eigenvalue weighted by molar-refractivity contribution is 7.89. The second-order valence-electron chi connectivity index (χ2n) is 11.9. The first-order valence-corrected chi connectivity index (χ1v) is 16.1. The van der Waals surface area contributed by atoms with Crippen LogP contribution in [-0.2, 0) is 27.4 Å². The number of hydrogen-bond acceptors (Lipinski definition) is 6. The summed E-state index contributed by atoms with van der Waals surface area (Å²) in [4.78, 5) is 17.5. The lowest BCUT2D eigenvalue weighted by Crippen LogP contribution is -2.41. The number of hydrogen-bond donors (Lipinski definition) is 2. The van der Waals surface area contributed by atoms with Crippen molar-refractivity contribution in [3.8, 4) is 10.4 Å². The molecule has 40 heavy (non-hydrogen) atoms. The van der Waals surface area contributed by atoms with E-state index in [2.05, 4.69) is 15.0 Å². The summed E-state index contributed by atoms with van der Waals surface area (Å²) in [6, 6.07) is 2.31. The number of benzene rings is 1. The van der Waals surface area contributed by atoms with Crippen molar-refractivity contribution in [2.24, 2.45) is 5.92 Å². The Morgan fingerprint density at radius 2 is 1.73 bits per heavy atom. The number of aryl methyl sites for hydroxylation is 1. The first kappa shape index (κ1) is 30.9. The van der Waals surface area contributed by atoms with E-state index in [1.54, 1.807) is 20.8 Å². The maximum absolute atomic E-state index is 14.4. The van der Waals surface area contributed by atoms with E-state index in [4.69, 9.17) is 4.74 Å². The lowest BCUT2D eigenvalue weighted by Gasteiger charge is -2.24. The molecule has 0 spiro atoms. The highest BCUT2D eigenvalue weighted by Gasteiger charge is 2.40. The molecule has 0 atom stereocenters. The van der Waals surface area contributed by atoms with Crippen LogP contribution >= 0.6 is 11.3 Å². The van der Waals surface area contributed by atoms with Crippen LogP contribution in [0.15, 0.2) is 17.0 Å². The predicted molar refractivity (Wildman–Crippen MR) is 149 cm³/mol. The second kappa shape index (κ2) is 12.1. The van der Waals surface area contributed by atoms with Gasteiger partial charge in [0.25, 0.3) is 5.91 Å². The fraction of sp³-hybridized carbons (Fsp3) is 0.643. The maximum Gasteiger partial charge on any atom is 0.417 e. The maximum atomic E-state index is 14.4. The van der Waals surface area contributed by atoms with Crippen molar-refractivity contribution in [2.45, 2.75) is 102 Å². The zero-order valence-corrected chi connectivity index (χ0v) is 25.0. The first-order chi connectivity index (χ1) is 18.6. The SMILES string of the molecule is Cc1cc(-c2sc(C(=O)NC3CCOCC3)nc2CC2CCCCC2)cc(C(F)(F)F)c1S(=O)(=O)NC(C)(C)C. The number of halogens is 3. The molecule has 2 fully saturated rings. The molecule has 1 saturated carbocycles. The van der Waals surface area contributed by atoms with Crippen molar-refractivity contribution in [3.63, 3.8) is 0 Å². The Hall–Kier alpha value is -2.02. The fourth-order valence-corrected chi connectivity index (χ4v) is 8.33. The summed E-state index contributed by atoms with van der Waals surface area (Å²) in [5, 5.41) is 3.19. The normalized spacial score (nSPS) is 18.2. The van der Waals surface area contributed by atoms with E-state index in [9.17, 15) is 26.4 Å². The Balaban J connectivity index is 1.79. The summed E-state index contributed by atoms with van der Waals surface area (Å²) in [5.74, 6) is -0.0192. The zero-order chi connectivity index (χ0) is 29.3. The first-order valence-electron chi connectivity index (χ1n) is 13.8. The lowest BCUT2D eigenvalue weighted by atomic mass is 9.85. The summed E-state index contributed by atoms with van der Waals surface area (Å²) in [6.07, 6.45) is 2.36. The Kier molecular flexibility index (Phi) is 9.33. The Morgan fingerprint density at radius 3 is 2.33 bits per heavy atom. The van der Waals surface area contributed by atoms with Crippen molar-refractivity contribution < 1.29 is 31.1 Å². The number of aromatic nitrogens is 1. The molecule has 1 amide bonds. The number of nitrogens with zero attached hydrogens (tertiary/aromatic N) is 1. The molecule has 222 valence electrons. The number of thiazole rings is 1. The second-order valence-corrected chi connectivity index (χ2v) is 14.5. The van der Waals surface area contributed by atoms with Gasteiger partial charge in [0, 0.05) is 24.8 Å². The molecule has 2 aromatic rings. The van der Waals surface area contributed by atoms with Gasteiger partial charge in [-0.2, -0.15) is 13.2 Å². The summed E-state index contributed by atoms with van der Waals surface area (Å²) in [7, 11) is -4.48. The van der Waals surface area contributed by atoms with Gasteiger partial charge in [-0.1, -0.05) is 32.1 Å². The number of sulfonamides is 1. The molecule has 7 nitrogen and oxygen atoms in total. The predicted octanol–water partition coefficient (Wildman–Crippen LogP) is 6.25. The van der Waals surface area contributed by atoms with Crippen molar-refractivity contribution in [2.75, 3.05) is 13.2 Å². The Morgan fingerprint density at radius 1 is 1.07 bits per heavy atom. The van der Waals surface area contributed by atoms with Gasteiger partial charge in [-0.05, 0) is 76.1 Å². The average Bonchev–Trinajstić information content (AvgIpc) is 3.26. The van der Waals surface area contributed by atoms with Gasteiger partial charge >= 0.3 is 6.18 Å². The van der Waals surface area contributed by atoms with Gasteiger partial charge in [-0.15, -0.1) is 11.3 Å². The molecule has 0 unspecified atom stereocenters. The quantitative estimate of drug-likeness (QED) is 0.391. The van der Waals surface area contributed by atoms with Gasteiger partial charge in [0.2, 0.25) is 10.0 Å². The lowest BCUT2D eigenvalue weighted by molar-refractivity contribution is -0.139. The highest BCUT2D eigenvalue weighted by Crippen LogP contribution is 2.42. The van der Waals surface area contributed by atoms with Crippen LogP contribution in [0, 0.1) is 12.8 Å². The van der Waals surface area contributed by atoms with Crippen LogP contribution in [0.4, 0.5) is 13.2 Å². The molecular formula is C28H38F3N3O4S2. The number of amides is 1. The molecule has 1 saturated heterocycles. The fourth-order valence-electron chi connectivity index (χ4n) is 5.49. The van der Waals surface area contributed by atoms with Crippen molar-refractivity contribution >= 4 is 27.3 Å². The molecule has 2 N–H and O–H groups in total. The number of carbonyl (C=O) groups is 1. The van der Waals surface area contributed by atoms with Crippen molar-refractivity contribution in [1.82, 2.24) is 15.0 Å². The van der Waals surface area contributed by atoms with Crippen LogP contribution in [0.5, 0.6) is 0 Å². The minimum absolute atomic E-state index is 0.0215. The number of ether oxygens (including phenoxy) is 1. The smallest absolute Gasteiger partial charge is 0.381 e. The summed E-state index contributed by atoms with van der Waals surface area (Å²) >= 11 is 1.06. The molecular weight excluding hydrogens is 563 g/mol. The molecule has 0 radical (unpaired) electrons. The summed E-state index contributed by atoms with van der Waals surface area (Å²) in [5.41, 5.74) is -1.42. The van der Waals surface area contributed by atoms with Gasteiger partial charge in [0.1, 0.15) is 0 Å². The van der Waals surface area contributed by atoms with Crippen LogP contribution in [0.2, 0.25) is 0 Å². The van der Waals surface area contributed by atoms with E-state index in [0.29, 0.717) is 49.0 Å². The minimum atomic E-state index is -4.92. The van der Waals surface area contributed by atoms with Gasteiger partial charge in [-0.3, -0.25) is 4.79 Å².